The summed E-state index contributed by atoms with van der Waals surface area (Å²) in [6.07, 6.45) is 2.98. The molecule has 0 radical (unpaired) electrons. The van der Waals surface area contributed by atoms with Crippen molar-refractivity contribution >= 4 is 46.3 Å². The summed E-state index contributed by atoms with van der Waals surface area (Å²) in [6.45, 7) is 1.00. The predicted molar refractivity (Wildman–Crippen MR) is 123 cm³/mol. The van der Waals surface area contributed by atoms with Crippen molar-refractivity contribution in [1.29, 1.82) is 0 Å². The minimum atomic E-state index is -0.332. The lowest BCUT2D eigenvalue weighted by atomic mass is 10.0. The summed E-state index contributed by atoms with van der Waals surface area (Å²) in [5.41, 5.74) is 2.13. The standard InChI is InChI=1S/C22H26ClN3O2S/c1-26(2)13-4-3-8-20(27)14-16-9-11-19(12-10-16)24-22(29)25-21(28)17-6-5-7-18(23)15-17/h5-7,9-12,15H,3-4,8,13-14H2,1-2H3,(H2,24,25,28,29). The second-order valence-electron chi connectivity index (χ2n) is 7.09. The van der Waals surface area contributed by atoms with Crippen LogP contribution in [-0.4, -0.2) is 42.3 Å². The van der Waals surface area contributed by atoms with Gasteiger partial charge < -0.3 is 10.2 Å². The highest BCUT2D eigenvalue weighted by molar-refractivity contribution is 7.80. The number of unbranched alkanes of at least 4 members (excludes halogenated alkanes) is 1. The minimum Gasteiger partial charge on any atom is -0.332 e. The molecular weight excluding hydrogens is 406 g/mol. The lowest BCUT2D eigenvalue weighted by molar-refractivity contribution is -0.118. The zero-order valence-electron chi connectivity index (χ0n) is 16.7. The van der Waals surface area contributed by atoms with E-state index in [1.807, 2.05) is 38.4 Å². The quantitative estimate of drug-likeness (QED) is 0.457. The van der Waals surface area contributed by atoms with Crippen LogP contribution in [0.15, 0.2) is 48.5 Å². The third kappa shape index (κ3) is 8.73. The molecule has 29 heavy (non-hydrogen) atoms. The molecule has 0 spiro atoms. The van der Waals surface area contributed by atoms with Gasteiger partial charge in [0, 0.05) is 29.1 Å². The van der Waals surface area contributed by atoms with Gasteiger partial charge in [-0.3, -0.25) is 14.9 Å². The fraction of sp³-hybridized carbons (Fsp3) is 0.318. The van der Waals surface area contributed by atoms with Crippen molar-refractivity contribution in [3.63, 3.8) is 0 Å². The average Bonchev–Trinajstić information content (AvgIpc) is 2.66. The molecule has 0 atom stereocenters. The summed E-state index contributed by atoms with van der Waals surface area (Å²) in [7, 11) is 4.07. The van der Waals surface area contributed by atoms with E-state index in [4.69, 9.17) is 23.8 Å². The molecule has 2 aromatic carbocycles. The monoisotopic (exact) mass is 431 g/mol. The van der Waals surface area contributed by atoms with Crippen LogP contribution in [-0.2, 0) is 11.2 Å². The number of nitrogens with zero attached hydrogens (tertiary/aromatic N) is 1. The van der Waals surface area contributed by atoms with E-state index in [9.17, 15) is 9.59 Å². The molecule has 2 rings (SSSR count). The van der Waals surface area contributed by atoms with Gasteiger partial charge in [-0.25, -0.2) is 0 Å². The lowest BCUT2D eigenvalue weighted by Crippen LogP contribution is -2.34. The summed E-state index contributed by atoms with van der Waals surface area (Å²) in [5.74, 6) is -0.0877. The molecule has 0 saturated heterocycles. The van der Waals surface area contributed by atoms with Crippen LogP contribution in [0.5, 0.6) is 0 Å². The van der Waals surface area contributed by atoms with Gasteiger partial charge in [-0.2, -0.15) is 0 Å². The van der Waals surface area contributed by atoms with E-state index < -0.39 is 0 Å². The number of hydrogen-bond acceptors (Lipinski definition) is 4. The van der Waals surface area contributed by atoms with Crippen LogP contribution >= 0.6 is 23.8 Å². The maximum Gasteiger partial charge on any atom is 0.257 e. The number of thiocarbonyl (C=S) groups is 1. The normalized spacial score (nSPS) is 10.6. The zero-order valence-corrected chi connectivity index (χ0v) is 18.3. The molecule has 154 valence electrons. The molecule has 0 aliphatic rings. The first-order chi connectivity index (χ1) is 13.8. The molecule has 0 heterocycles. The Hall–Kier alpha value is -2.28. The molecule has 7 heteroatoms. The average molecular weight is 432 g/mol. The number of hydrogen-bond donors (Lipinski definition) is 2. The third-order valence-electron chi connectivity index (χ3n) is 4.24. The van der Waals surface area contributed by atoms with Gasteiger partial charge in [-0.05, 0) is 81.6 Å². The Morgan fingerprint density at radius 2 is 1.79 bits per heavy atom. The van der Waals surface area contributed by atoms with E-state index in [1.54, 1.807) is 24.3 Å². The van der Waals surface area contributed by atoms with Gasteiger partial charge in [0.25, 0.3) is 5.91 Å². The topological polar surface area (TPSA) is 61.4 Å². The summed E-state index contributed by atoms with van der Waals surface area (Å²) >= 11 is 11.1. The van der Waals surface area contributed by atoms with Gasteiger partial charge in [0.15, 0.2) is 5.11 Å². The summed E-state index contributed by atoms with van der Waals surface area (Å²) < 4.78 is 0. The highest BCUT2D eigenvalue weighted by Crippen LogP contribution is 2.13. The van der Waals surface area contributed by atoms with Gasteiger partial charge in [0.2, 0.25) is 0 Å². The highest BCUT2D eigenvalue weighted by Gasteiger charge is 2.09. The van der Waals surface area contributed by atoms with Crippen molar-refractivity contribution < 1.29 is 9.59 Å². The van der Waals surface area contributed by atoms with Crippen LogP contribution in [0.2, 0.25) is 5.02 Å². The maximum absolute atomic E-state index is 12.2. The Morgan fingerprint density at radius 1 is 1.07 bits per heavy atom. The summed E-state index contributed by atoms with van der Waals surface area (Å²) in [4.78, 5) is 26.4. The molecular formula is C22H26ClN3O2S. The number of amides is 1. The molecule has 1 amide bonds. The fourth-order valence-corrected chi connectivity index (χ4v) is 3.14. The number of rotatable bonds is 9. The predicted octanol–water partition coefficient (Wildman–Crippen LogP) is 4.31. The van der Waals surface area contributed by atoms with E-state index in [-0.39, 0.29) is 16.8 Å². The van der Waals surface area contributed by atoms with E-state index in [2.05, 4.69) is 15.5 Å². The van der Waals surface area contributed by atoms with Crippen LogP contribution in [0.1, 0.15) is 35.2 Å². The van der Waals surface area contributed by atoms with E-state index in [0.29, 0.717) is 23.4 Å². The van der Waals surface area contributed by atoms with E-state index in [0.717, 1.165) is 30.6 Å². The van der Waals surface area contributed by atoms with Gasteiger partial charge >= 0.3 is 0 Å². The SMILES string of the molecule is CN(C)CCCCC(=O)Cc1ccc(NC(=S)NC(=O)c2cccc(Cl)c2)cc1. The molecule has 0 bridgehead atoms. The van der Waals surface area contributed by atoms with Crippen LogP contribution < -0.4 is 10.6 Å². The molecule has 2 aromatic rings. The molecule has 0 aliphatic carbocycles. The number of nitrogens with one attached hydrogen (secondary N) is 2. The Kier molecular flexibility index (Phi) is 9.25. The lowest BCUT2D eigenvalue weighted by Gasteiger charge is -2.10. The van der Waals surface area contributed by atoms with Gasteiger partial charge in [-0.1, -0.05) is 29.8 Å². The Labute approximate surface area is 182 Å². The number of carbonyl (C=O) groups excluding carboxylic acids is 2. The second kappa shape index (κ2) is 11.7. The van der Waals surface area contributed by atoms with Crippen molar-refractivity contribution in [2.45, 2.75) is 25.7 Å². The van der Waals surface area contributed by atoms with Crippen molar-refractivity contribution in [3.05, 3.63) is 64.7 Å². The Morgan fingerprint density at radius 3 is 2.45 bits per heavy atom. The summed E-state index contributed by atoms with van der Waals surface area (Å²) in [6, 6.07) is 14.1. The highest BCUT2D eigenvalue weighted by atomic mass is 35.5. The van der Waals surface area contributed by atoms with Crippen LogP contribution in [0.3, 0.4) is 0 Å². The Balaban J connectivity index is 1.78. The first kappa shape index (κ1) is 23.0. The van der Waals surface area contributed by atoms with E-state index >= 15 is 0 Å². The van der Waals surface area contributed by atoms with Gasteiger partial charge in [0.1, 0.15) is 5.78 Å². The molecule has 0 aromatic heterocycles. The van der Waals surface area contributed by atoms with Gasteiger partial charge in [0.05, 0.1) is 0 Å². The largest absolute Gasteiger partial charge is 0.332 e. The molecule has 0 saturated carbocycles. The summed E-state index contributed by atoms with van der Waals surface area (Å²) in [5, 5.41) is 6.27. The minimum absolute atomic E-state index is 0.194. The van der Waals surface area contributed by atoms with Crippen molar-refractivity contribution in [2.24, 2.45) is 0 Å². The first-order valence-corrected chi connectivity index (χ1v) is 10.3. The first-order valence-electron chi connectivity index (χ1n) is 9.47. The zero-order chi connectivity index (χ0) is 21.2. The third-order valence-corrected chi connectivity index (χ3v) is 4.68. The number of Topliss-reactive ketones (excluding diaryl/α,β-unsaturated/α-hetero) is 1. The van der Waals surface area contributed by atoms with Crippen LogP contribution in [0, 0.1) is 0 Å². The van der Waals surface area contributed by atoms with Crippen molar-refractivity contribution in [1.82, 2.24) is 10.2 Å². The van der Waals surface area contributed by atoms with Gasteiger partial charge in [-0.15, -0.1) is 0 Å². The van der Waals surface area contributed by atoms with Crippen LogP contribution in [0.25, 0.3) is 0 Å². The Bertz CT molecular complexity index is 853. The molecule has 0 aliphatic heterocycles. The second-order valence-corrected chi connectivity index (χ2v) is 7.94. The number of anilines is 1. The molecule has 0 fully saturated rings. The molecule has 0 unspecified atom stereocenters. The number of halogens is 1. The fourth-order valence-electron chi connectivity index (χ4n) is 2.74. The van der Waals surface area contributed by atoms with Crippen molar-refractivity contribution in [2.75, 3.05) is 26.0 Å². The van der Waals surface area contributed by atoms with E-state index in [1.165, 1.54) is 0 Å². The van der Waals surface area contributed by atoms with Crippen LogP contribution in [0.4, 0.5) is 5.69 Å². The number of carbonyl (C=O) groups is 2. The smallest absolute Gasteiger partial charge is 0.257 e. The maximum atomic E-state index is 12.2. The molecule has 2 N–H and O–H groups in total. The number of ketones is 1. The molecule has 5 nitrogen and oxygen atoms in total. The number of benzene rings is 2. The van der Waals surface area contributed by atoms with Crippen molar-refractivity contribution in [3.8, 4) is 0 Å².